The first kappa shape index (κ1) is 16.0. The lowest BCUT2D eigenvalue weighted by Crippen LogP contribution is -2.31. The molecule has 24 heavy (non-hydrogen) atoms. The maximum absolute atomic E-state index is 12.3. The smallest absolute Gasteiger partial charge is 0.229 e. The van der Waals surface area contributed by atoms with E-state index in [1.165, 1.54) is 0 Å². The second-order valence-corrected chi connectivity index (χ2v) is 5.63. The van der Waals surface area contributed by atoms with E-state index in [-0.39, 0.29) is 24.2 Å². The summed E-state index contributed by atoms with van der Waals surface area (Å²) >= 11 is 0. The molecule has 3 rings (SSSR count). The fourth-order valence-electron chi connectivity index (χ4n) is 2.64. The van der Waals surface area contributed by atoms with Gasteiger partial charge in [0.05, 0.1) is 24.3 Å². The normalized spacial score (nSPS) is 16.9. The molecule has 0 radical (unpaired) electrons. The number of anilines is 1. The Balaban J connectivity index is 1.47. The first-order chi connectivity index (χ1) is 11.7. The number of pyridine rings is 1. The van der Waals surface area contributed by atoms with Gasteiger partial charge in [0.2, 0.25) is 11.8 Å². The van der Waals surface area contributed by atoms with Gasteiger partial charge in [-0.2, -0.15) is 0 Å². The third-order valence-electron chi connectivity index (χ3n) is 3.89. The van der Waals surface area contributed by atoms with Gasteiger partial charge < -0.3 is 15.0 Å². The molecule has 2 heterocycles. The minimum atomic E-state index is -0.338. The molecule has 6 heteroatoms. The van der Waals surface area contributed by atoms with Gasteiger partial charge in [0, 0.05) is 19.2 Å². The molecule has 1 N–H and O–H groups in total. The lowest BCUT2D eigenvalue weighted by Gasteiger charge is -2.17. The number of rotatable bonds is 6. The number of amides is 2. The van der Waals surface area contributed by atoms with Gasteiger partial charge in [0.25, 0.3) is 0 Å². The maximum atomic E-state index is 12.3. The summed E-state index contributed by atoms with van der Waals surface area (Å²) in [6.07, 6.45) is 3.46. The Kier molecular flexibility index (Phi) is 5.05. The molecular weight excluding hydrogens is 306 g/mol. The Morgan fingerprint density at radius 1 is 1.25 bits per heavy atom. The second-order valence-electron chi connectivity index (χ2n) is 5.63. The highest BCUT2D eigenvalue weighted by Crippen LogP contribution is 2.19. The van der Waals surface area contributed by atoms with Crippen LogP contribution in [-0.2, 0) is 9.59 Å². The quantitative estimate of drug-likeness (QED) is 0.881. The number of aromatic nitrogens is 1. The molecule has 2 aromatic rings. The number of hydrogen-bond donors (Lipinski definition) is 1. The number of likely N-dealkylation sites (tertiary alicyclic amines) is 1. The van der Waals surface area contributed by atoms with Crippen LogP contribution < -0.4 is 10.1 Å². The van der Waals surface area contributed by atoms with Gasteiger partial charge in [-0.25, -0.2) is 0 Å². The van der Waals surface area contributed by atoms with Crippen molar-refractivity contribution in [3.05, 3.63) is 54.9 Å². The maximum Gasteiger partial charge on any atom is 0.229 e. The number of hydrogen-bond acceptors (Lipinski definition) is 4. The zero-order chi connectivity index (χ0) is 16.8. The van der Waals surface area contributed by atoms with E-state index in [9.17, 15) is 9.59 Å². The van der Waals surface area contributed by atoms with E-state index in [4.69, 9.17) is 4.74 Å². The van der Waals surface area contributed by atoms with Crippen molar-refractivity contribution in [3.8, 4) is 5.75 Å². The van der Waals surface area contributed by atoms with Crippen molar-refractivity contribution in [1.29, 1.82) is 0 Å². The Hall–Kier alpha value is -2.89. The lowest BCUT2D eigenvalue weighted by molar-refractivity contribution is -0.128. The molecule has 6 nitrogen and oxygen atoms in total. The number of nitrogens with one attached hydrogen (secondary N) is 1. The minimum absolute atomic E-state index is 0.0157. The van der Waals surface area contributed by atoms with E-state index in [1.807, 2.05) is 30.3 Å². The fraction of sp³-hybridized carbons (Fsp3) is 0.278. The van der Waals surface area contributed by atoms with Crippen LogP contribution >= 0.6 is 0 Å². The molecule has 124 valence electrons. The minimum Gasteiger partial charge on any atom is -0.492 e. The first-order valence-electron chi connectivity index (χ1n) is 7.89. The van der Waals surface area contributed by atoms with Crippen molar-refractivity contribution in [3.63, 3.8) is 0 Å². The summed E-state index contributed by atoms with van der Waals surface area (Å²) < 4.78 is 5.60. The zero-order valence-electron chi connectivity index (χ0n) is 13.2. The average molecular weight is 325 g/mol. The van der Waals surface area contributed by atoms with Gasteiger partial charge in [0.15, 0.2) is 0 Å². The SMILES string of the molecule is O=C(Nc1cccnc1)C1CC(=O)N(CCOc2ccccc2)C1. The number of nitrogens with zero attached hydrogens (tertiary/aromatic N) is 2. The molecule has 2 amide bonds. The molecule has 1 atom stereocenters. The summed E-state index contributed by atoms with van der Waals surface area (Å²) in [7, 11) is 0. The summed E-state index contributed by atoms with van der Waals surface area (Å²) in [6.45, 7) is 1.31. The summed E-state index contributed by atoms with van der Waals surface area (Å²) in [5.41, 5.74) is 0.640. The Morgan fingerprint density at radius 2 is 2.08 bits per heavy atom. The van der Waals surface area contributed by atoms with Crippen LogP contribution in [0.2, 0.25) is 0 Å². The van der Waals surface area contributed by atoms with Crippen LogP contribution in [0.3, 0.4) is 0 Å². The van der Waals surface area contributed by atoms with E-state index < -0.39 is 0 Å². The number of carbonyl (C=O) groups excluding carboxylic acids is 2. The van der Waals surface area contributed by atoms with E-state index in [0.29, 0.717) is 25.4 Å². The molecule has 1 aromatic carbocycles. The molecule has 1 unspecified atom stereocenters. The highest BCUT2D eigenvalue weighted by molar-refractivity contribution is 5.97. The van der Waals surface area contributed by atoms with Crippen LogP contribution in [0.4, 0.5) is 5.69 Å². The van der Waals surface area contributed by atoms with Crippen molar-refractivity contribution in [2.75, 3.05) is 25.0 Å². The molecule has 0 bridgehead atoms. The number of ether oxygens (including phenoxy) is 1. The van der Waals surface area contributed by atoms with Crippen molar-refractivity contribution in [2.45, 2.75) is 6.42 Å². The van der Waals surface area contributed by atoms with Crippen LogP contribution in [0.15, 0.2) is 54.9 Å². The van der Waals surface area contributed by atoms with Crippen LogP contribution in [0, 0.1) is 5.92 Å². The molecule has 0 aliphatic carbocycles. The van der Waals surface area contributed by atoms with E-state index >= 15 is 0 Å². The number of para-hydroxylation sites is 1. The summed E-state index contributed by atoms with van der Waals surface area (Å²) in [5, 5.41) is 2.80. The van der Waals surface area contributed by atoms with Crippen LogP contribution in [0.5, 0.6) is 5.75 Å². The standard InChI is InChI=1S/C18H19N3O3/c22-17-11-14(18(23)20-15-5-4-8-19-12-15)13-21(17)9-10-24-16-6-2-1-3-7-16/h1-8,12,14H,9-11,13H2,(H,20,23). The summed E-state index contributed by atoms with van der Waals surface area (Å²) in [5.74, 6) is 0.269. The predicted octanol–water partition coefficient (Wildman–Crippen LogP) is 1.95. The molecule has 1 aliphatic heterocycles. The largest absolute Gasteiger partial charge is 0.492 e. The third kappa shape index (κ3) is 4.10. The van der Waals surface area contributed by atoms with Crippen LogP contribution in [0.25, 0.3) is 0 Å². The van der Waals surface area contributed by atoms with E-state index in [0.717, 1.165) is 5.75 Å². The highest BCUT2D eigenvalue weighted by Gasteiger charge is 2.34. The third-order valence-corrected chi connectivity index (χ3v) is 3.89. The van der Waals surface area contributed by atoms with Gasteiger partial charge in [0.1, 0.15) is 12.4 Å². The molecular formula is C18H19N3O3. The number of benzene rings is 1. The topological polar surface area (TPSA) is 71.5 Å². The molecule has 1 saturated heterocycles. The number of carbonyl (C=O) groups is 2. The summed E-state index contributed by atoms with van der Waals surface area (Å²) in [4.78, 5) is 29.9. The van der Waals surface area contributed by atoms with Gasteiger partial charge in [-0.1, -0.05) is 18.2 Å². The van der Waals surface area contributed by atoms with Crippen LogP contribution in [-0.4, -0.2) is 41.4 Å². The fourth-order valence-corrected chi connectivity index (χ4v) is 2.64. The van der Waals surface area contributed by atoms with Crippen molar-refractivity contribution < 1.29 is 14.3 Å². The van der Waals surface area contributed by atoms with Gasteiger partial charge in [-0.15, -0.1) is 0 Å². The van der Waals surface area contributed by atoms with Crippen molar-refractivity contribution in [2.24, 2.45) is 5.92 Å². The van der Waals surface area contributed by atoms with Crippen molar-refractivity contribution >= 4 is 17.5 Å². The molecule has 1 fully saturated rings. The Bertz CT molecular complexity index is 691. The van der Waals surface area contributed by atoms with E-state index in [2.05, 4.69) is 10.3 Å². The van der Waals surface area contributed by atoms with Crippen molar-refractivity contribution in [1.82, 2.24) is 9.88 Å². The summed E-state index contributed by atoms with van der Waals surface area (Å²) in [6, 6.07) is 13.0. The monoisotopic (exact) mass is 325 g/mol. The molecule has 1 aliphatic rings. The highest BCUT2D eigenvalue weighted by atomic mass is 16.5. The van der Waals surface area contributed by atoms with Crippen LogP contribution in [0.1, 0.15) is 6.42 Å². The first-order valence-corrected chi connectivity index (χ1v) is 7.89. The van der Waals surface area contributed by atoms with Gasteiger partial charge in [-0.05, 0) is 24.3 Å². The van der Waals surface area contributed by atoms with E-state index in [1.54, 1.807) is 29.4 Å². The lowest BCUT2D eigenvalue weighted by atomic mass is 10.1. The second kappa shape index (κ2) is 7.59. The predicted molar refractivity (Wildman–Crippen MR) is 89.5 cm³/mol. The zero-order valence-corrected chi connectivity index (χ0v) is 13.2. The molecule has 0 spiro atoms. The Labute approximate surface area is 140 Å². The van der Waals surface area contributed by atoms with Gasteiger partial charge in [-0.3, -0.25) is 14.6 Å². The average Bonchev–Trinajstić information content (AvgIpc) is 2.98. The molecule has 0 saturated carbocycles. The Morgan fingerprint density at radius 3 is 2.83 bits per heavy atom. The molecule has 1 aromatic heterocycles. The van der Waals surface area contributed by atoms with Gasteiger partial charge >= 0.3 is 0 Å².